The topological polar surface area (TPSA) is 71.3 Å². The minimum absolute atomic E-state index is 0.0638. The summed E-state index contributed by atoms with van der Waals surface area (Å²) in [6, 6.07) is 14.7. The Morgan fingerprint density at radius 1 is 1.15 bits per heavy atom. The third-order valence-electron chi connectivity index (χ3n) is 6.04. The number of carbonyl (C=O) groups is 1. The van der Waals surface area contributed by atoms with Crippen LogP contribution in [0.1, 0.15) is 36.3 Å². The zero-order chi connectivity index (χ0) is 23.8. The van der Waals surface area contributed by atoms with E-state index in [0.717, 1.165) is 56.0 Å². The van der Waals surface area contributed by atoms with E-state index < -0.39 is 0 Å². The first-order chi connectivity index (χ1) is 16.6. The van der Waals surface area contributed by atoms with Gasteiger partial charge in [0.05, 0.1) is 6.54 Å². The Bertz CT molecular complexity index is 1050. The third kappa shape index (κ3) is 7.14. The number of carbonyl (C=O) groups excluding carboxylic acids is 1. The van der Waals surface area contributed by atoms with Crippen LogP contribution in [0.25, 0.3) is 11.4 Å². The molecule has 1 fully saturated rings. The van der Waals surface area contributed by atoms with Gasteiger partial charge in [-0.15, -0.1) is 0 Å². The SMILES string of the molecule is Cc1ccc(CSCCCNC(=O)C2CCN(Cc3nc(-c4ccc(F)cc4)no3)CC2)cc1. The molecule has 0 saturated carbocycles. The summed E-state index contributed by atoms with van der Waals surface area (Å²) in [6.07, 6.45) is 2.63. The van der Waals surface area contributed by atoms with Crippen LogP contribution in [0.5, 0.6) is 0 Å². The lowest BCUT2D eigenvalue weighted by molar-refractivity contribution is -0.126. The lowest BCUT2D eigenvalue weighted by atomic mass is 9.96. The third-order valence-corrected chi connectivity index (χ3v) is 7.16. The highest BCUT2D eigenvalue weighted by Gasteiger charge is 2.25. The Kier molecular flexibility index (Phi) is 8.71. The summed E-state index contributed by atoms with van der Waals surface area (Å²) >= 11 is 1.91. The van der Waals surface area contributed by atoms with Gasteiger partial charge in [-0.05, 0) is 74.9 Å². The van der Waals surface area contributed by atoms with Crippen molar-refractivity contribution in [3.8, 4) is 11.4 Å². The molecule has 2 aromatic carbocycles. The molecule has 0 radical (unpaired) electrons. The number of rotatable bonds is 10. The van der Waals surface area contributed by atoms with Crippen molar-refractivity contribution in [2.75, 3.05) is 25.4 Å². The van der Waals surface area contributed by atoms with E-state index in [4.69, 9.17) is 4.52 Å². The smallest absolute Gasteiger partial charge is 0.241 e. The Morgan fingerprint density at radius 3 is 2.62 bits per heavy atom. The second-order valence-corrected chi connectivity index (χ2v) is 9.86. The van der Waals surface area contributed by atoms with Gasteiger partial charge in [-0.3, -0.25) is 9.69 Å². The van der Waals surface area contributed by atoms with Crippen molar-refractivity contribution in [2.24, 2.45) is 5.92 Å². The number of hydrogen-bond acceptors (Lipinski definition) is 6. The molecule has 6 nitrogen and oxygen atoms in total. The van der Waals surface area contributed by atoms with Crippen molar-refractivity contribution in [2.45, 2.75) is 38.5 Å². The highest BCUT2D eigenvalue weighted by Crippen LogP contribution is 2.21. The molecule has 0 bridgehead atoms. The molecule has 1 saturated heterocycles. The second-order valence-electron chi connectivity index (χ2n) is 8.75. The minimum Gasteiger partial charge on any atom is -0.356 e. The Labute approximate surface area is 204 Å². The van der Waals surface area contributed by atoms with Crippen LogP contribution in [0.4, 0.5) is 4.39 Å². The van der Waals surface area contributed by atoms with Gasteiger partial charge in [0, 0.05) is 23.8 Å². The van der Waals surface area contributed by atoms with Gasteiger partial charge < -0.3 is 9.84 Å². The first-order valence-electron chi connectivity index (χ1n) is 11.8. The number of likely N-dealkylation sites (tertiary alicyclic amines) is 1. The Hall–Kier alpha value is -2.71. The number of hydrogen-bond donors (Lipinski definition) is 1. The number of nitrogens with zero attached hydrogens (tertiary/aromatic N) is 3. The predicted octanol–water partition coefficient (Wildman–Crippen LogP) is 4.84. The average molecular weight is 483 g/mol. The minimum atomic E-state index is -0.295. The maximum absolute atomic E-state index is 13.1. The fraction of sp³-hybridized carbons (Fsp3) is 0.423. The fourth-order valence-electron chi connectivity index (χ4n) is 3.98. The summed E-state index contributed by atoms with van der Waals surface area (Å²) < 4.78 is 18.5. The summed E-state index contributed by atoms with van der Waals surface area (Å²) in [5, 5.41) is 7.11. The molecule has 0 unspecified atom stereocenters. The number of thioether (sulfide) groups is 1. The van der Waals surface area contributed by atoms with Gasteiger partial charge in [-0.2, -0.15) is 16.7 Å². The number of aryl methyl sites for hydroxylation is 1. The number of benzene rings is 2. The molecule has 8 heteroatoms. The maximum Gasteiger partial charge on any atom is 0.241 e. The van der Waals surface area contributed by atoms with Crippen molar-refractivity contribution in [1.82, 2.24) is 20.4 Å². The average Bonchev–Trinajstić information content (AvgIpc) is 3.31. The molecule has 1 amide bonds. The lowest BCUT2D eigenvalue weighted by Gasteiger charge is -2.30. The number of aromatic nitrogens is 2. The van der Waals surface area contributed by atoms with Crippen LogP contribution >= 0.6 is 11.8 Å². The van der Waals surface area contributed by atoms with Gasteiger partial charge >= 0.3 is 0 Å². The van der Waals surface area contributed by atoms with Crippen molar-refractivity contribution >= 4 is 17.7 Å². The number of piperidine rings is 1. The first-order valence-corrected chi connectivity index (χ1v) is 12.9. The summed E-state index contributed by atoms with van der Waals surface area (Å²) in [6.45, 7) is 5.02. The number of halogens is 1. The molecule has 1 aliphatic heterocycles. The highest BCUT2D eigenvalue weighted by atomic mass is 32.2. The van der Waals surface area contributed by atoms with Crippen LogP contribution in [0.15, 0.2) is 53.1 Å². The molecule has 0 spiro atoms. The molecule has 0 aliphatic carbocycles. The van der Waals surface area contributed by atoms with E-state index in [1.807, 2.05) is 11.8 Å². The van der Waals surface area contributed by atoms with Crippen LogP contribution in [0.2, 0.25) is 0 Å². The van der Waals surface area contributed by atoms with Crippen LogP contribution in [0, 0.1) is 18.7 Å². The van der Waals surface area contributed by atoms with Crippen LogP contribution in [0.3, 0.4) is 0 Å². The molecular formula is C26H31FN4O2S. The number of amides is 1. The zero-order valence-electron chi connectivity index (χ0n) is 19.5. The lowest BCUT2D eigenvalue weighted by Crippen LogP contribution is -2.40. The van der Waals surface area contributed by atoms with Crippen molar-refractivity contribution in [3.63, 3.8) is 0 Å². The normalized spacial score (nSPS) is 14.9. The van der Waals surface area contributed by atoms with E-state index in [1.165, 1.54) is 23.3 Å². The number of nitrogens with one attached hydrogen (secondary N) is 1. The summed E-state index contributed by atoms with van der Waals surface area (Å²) in [7, 11) is 0. The monoisotopic (exact) mass is 482 g/mol. The predicted molar refractivity (Wildman–Crippen MR) is 133 cm³/mol. The molecule has 1 aliphatic rings. The molecule has 180 valence electrons. The molecule has 2 heterocycles. The zero-order valence-corrected chi connectivity index (χ0v) is 20.3. The summed E-state index contributed by atoms with van der Waals surface area (Å²) in [5.41, 5.74) is 3.35. The van der Waals surface area contributed by atoms with Crippen molar-refractivity contribution < 1.29 is 13.7 Å². The summed E-state index contributed by atoms with van der Waals surface area (Å²) in [5.74, 6) is 2.98. The van der Waals surface area contributed by atoms with E-state index in [0.29, 0.717) is 18.3 Å². The maximum atomic E-state index is 13.1. The van der Waals surface area contributed by atoms with E-state index in [2.05, 4.69) is 51.5 Å². The molecule has 1 N–H and O–H groups in total. The van der Waals surface area contributed by atoms with Crippen LogP contribution < -0.4 is 5.32 Å². The van der Waals surface area contributed by atoms with Gasteiger partial charge in [0.15, 0.2) is 0 Å². The fourth-order valence-corrected chi connectivity index (χ4v) is 4.91. The first kappa shape index (κ1) is 24.4. The molecule has 4 rings (SSSR count). The Balaban J connectivity index is 1.10. The van der Waals surface area contributed by atoms with Gasteiger partial charge in [0.2, 0.25) is 17.6 Å². The largest absolute Gasteiger partial charge is 0.356 e. The van der Waals surface area contributed by atoms with Gasteiger partial charge in [-0.1, -0.05) is 35.0 Å². The standard InChI is InChI=1S/C26H31FN4O2S/c1-19-3-5-20(6-4-19)18-34-16-2-13-28-26(32)22-11-14-31(15-12-22)17-24-29-25(30-33-24)21-7-9-23(27)10-8-21/h3-10,22H,2,11-18H2,1H3,(H,28,32). The molecule has 3 aromatic rings. The van der Waals surface area contributed by atoms with E-state index in [-0.39, 0.29) is 17.6 Å². The van der Waals surface area contributed by atoms with E-state index in [9.17, 15) is 9.18 Å². The quantitative estimate of drug-likeness (QED) is 0.417. The van der Waals surface area contributed by atoms with Crippen molar-refractivity contribution in [1.29, 1.82) is 0 Å². The van der Waals surface area contributed by atoms with Crippen LogP contribution in [-0.4, -0.2) is 46.3 Å². The van der Waals surface area contributed by atoms with Crippen LogP contribution in [-0.2, 0) is 17.1 Å². The molecule has 1 aromatic heterocycles. The second kappa shape index (κ2) is 12.1. The van der Waals surface area contributed by atoms with Gasteiger partial charge in [-0.25, -0.2) is 4.39 Å². The Morgan fingerprint density at radius 2 is 1.88 bits per heavy atom. The molecular weight excluding hydrogens is 451 g/mol. The van der Waals surface area contributed by atoms with Gasteiger partial charge in [0.25, 0.3) is 0 Å². The van der Waals surface area contributed by atoms with E-state index >= 15 is 0 Å². The van der Waals surface area contributed by atoms with Gasteiger partial charge in [0.1, 0.15) is 5.82 Å². The summed E-state index contributed by atoms with van der Waals surface area (Å²) in [4.78, 5) is 19.2. The highest BCUT2D eigenvalue weighted by molar-refractivity contribution is 7.98. The molecule has 34 heavy (non-hydrogen) atoms. The van der Waals surface area contributed by atoms with E-state index in [1.54, 1.807) is 12.1 Å². The van der Waals surface area contributed by atoms with Crippen molar-refractivity contribution in [3.05, 3.63) is 71.4 Å². The molecule has 0 atom stereocenters.